The summed E-state index contributed by atoms with van der Waals surface area (Å²) < 4.78 is 0. The number of nitrogens with zero attached hydrogens (tertiary/aromatic N) is 3. The van der Waals surface area contributed by atoms with E-state index in [9.17, 15) is 4.79 Å². The Morgan fingerprint density at radius 2 is 1.44 bits per heavy atom. The van der Waals surface area contributed by atoms with E-state index in [0.29, 0.717) is 22.9 Å². The molecule has 2 heterocycles. The van der Waals surface area contributed by atoms with E-state index < -0.39 is 0 Å². The normalized spacial score (nSPS) is 38.3. The third-order valence-electron chi connectivity index (χ3n) is 9.05. The maximum Gasteiger partial charge on any atom is 0.227 e. The topological polar surface area (TPSA) is 26.8 Å². The van der Waals surface area contributed by atoms with Crippen LogP contribution in [0.4, 0.5) is 0 Å². The average molecular weight is 376 g/mol. The SMILES string of the molecule is CC(C)N1CC[C@H](C(=O)N2CCN(C34CCC(C(C)C)(CC3)CC4)CC2)C1. The summed E-state index contributed by atoms with van der Waals surface area (Å²) >= 11 is 0. The molecule has 2 bridgehead atoms. The minimum Gasteiger partial charge on any atom is -0.340 e. The molecule has 0 aromatic heterocycles. The highest BCUT2D eigenvalue weighted by Crippen LogP contribution is 2.57. The lowest BCUT2D eigenvalue weighted by molar-refractivity contribution is -0.140. The van der Waals surface area contributed by atoms with Gasteiger partial charge in [-0.05, 0) is 76.7 Å². The molecule has 5 rings (SSSR count). The van der Waals surface area contributed by atoms with Crippen molar-refractivity contribution in [3.8, 4) is 0 Å². The highest BCUT2D eigenvalue weighted by molar-refractivity contribution is 5.79. The summed E-state index contributed by atoms with van der Waals surface area (Å²) in [5.41, 5.74) is 1.11. The number of likely N-dealkylation sites (tertiary alicyclic amines) is 1. The van der Waals surface area contributed by atoms with Crippen LogP contribution in [0.1, 0.15) is 72.6 Å². The van der Waals surface area contributed by atoms with Gasteiger partial charge in [-0.3, -0.25) is 9.69 Å². The number of carbonyl (C=O) groups is 1. The zero-order valence-corrected chi connectivity index (χ0v) is 18.2. The second-order valence-electron chi connectivity index (χ2n) is 10.6. The standard InChI is InChI=1S/C23H41N3O/c1-18(2)22-6-9-23(10-7-22,11-8-22)26-15-13-24(14-16-26)21(27)20-5-12-25(17-20)19(3)4/h18-20H,5-17H2,1-4H3/t20-,22?,23?/m0/s1. The maximum atomic E-state index is 13.0. The van der Waals surface area contributed by atoms with E-state index in [-0.39, 0.29) is 5.92 Å². The first kappa shape index (κ1) is 19.7. The highest BCUT2D eigenvalue weighted by Gasteiger charge is 2.52. The summed E-state index contributed by atoms with van der Waals surface area (Å²) in [4.78, 5) is 20.4. The van der Waals surface area contributed by atoms with Gasteiger partial charge in [-0.2, -0.15) is 0 Å². The van der Waals surface area contributed by atoms with E-state index in [4.69, 9.17) is 0 Å². The highest BCUT2D eigenvalue weighted by atomic mass is 16.2. The molecular formula is C23H41N3O. The van der Waals surface area contributed by atoms with Crippen LogP contribution in [0.3, 0.4) is 0 Å². The largest absolute Gasteiger partial charge is 0.340 e. The predicted octanol–water partition coefficient (Wildman–Crippen LogP) is 3.61. The van der Waals surface area contributed by atoms with Gasteiger partial charge in [0.05, 0.1) is 5.92 Å². The van der Waals surface area contributed by atoms with Crippen molar-refractivity contribution in [1.82, 2.24) is 14.7 Å². The average Bonchev–Trinajstić information content (AvgIpc) is 3.19. The fourth-order valence-corrected chi connectivity index (χ4v) is 6.65. The molecule has 27 heavy (non-hydrogen) atoms. The molecule has 0 aromatic rings. The Bertz CT molecular complexity index is 525. The molecule has 4 heteroatoms. The Kier molecular flexibility index (Phi) is 5.35. The number of amides is 1. The van der Waals surface area contributed by atoms with Gasteiger partial charge in [0.25, 0.3) is 0 Å². The quantitative estimate of drug-likeness (QED) is 0.751. The van der Waals surface area contributed by atoms with E-state index >= 15 is 0 Å². The number of piperazine rings is 1. The van der Waals surface area contributed by atoms with Crippen LogP contribution in [0.25, 0.3) is 0 Å². The number of rotatable bonds is 4. The molecule has 0 aromatic carbocycles. The van der Waals surface area contributed by atoms with Crippen LogP contribution in [0, 0.1) is 17.3 Å². The summed E-state index contributed by atoms with van der Waals surface area (Å²) in [6, 6.07) is 0.564. The van der Waals surface area contributed by atoms with Crippen molar-refractivity contribution in [2.45, 2.75) is 84.2 Å². The van der Waals surface area contributed by atoms with Gasteiger partial charge >= 0.3 is 0 Å². The Labute approximate surface area is 166 Å². The first-order valence-electron chi connectivity index (χ1n) is 11.6. The van der Waals surface area contributed by atoms with E-state index in [1.165, 1.54) is 38.5 Å². The third-order valence-corrected chi connectivity index (χ3v) is 9.05. The molecular weight excluding hydrogens is 334 g/mol. The summed E-state index contributed by atoms with van der Waals surface area (Å²) in [7, 11) is 0. The predicted molar refractivity (Wildman–Crippen MR) is 111 cm³/mol. The van der Waals surface area contributed by atoms with Crippen LogP contribution in [0.2, 0.25) is 0 Å². The number of carbonyl (C=O) groups excluding carboxylic acids is 1. The lowest BCUT2D eigenvalue weighted by atomic mass is 9.53. The molecule has 0 N–H and O–H groups in total. The summed E-state index contributed by atoms with van der Waals surface area (Å²) in [5.74, 6) is 1.51. The molecule has 154 valence electrons. The van der Waals surface area contributed by atoms with Gasteiger partial charge in [0.1, 0.15) is 0 Å². The second kappa shape index (κ2) is 7.33. The maximum absolute atomic E-state index is 13.0. The molecule has 5 fully saturated rings. The van der Waals surface area contributed by atoms with Gasteiger partial charge in [0, 0.05) is 44.3 Å². The van der Waals surface area contributed by atoms with Gasteiger partial charge < -0.3 is 9.80 Å². The van der Waals surface area contributed by atoms with Crippen LogP contribution in [0.15, 0.2) is 0 Å². The Balaban J connectivity index is 1.30. The molecule has 1 atom stereocenters. The Morgan fingerprint density at radius 1 is 0.852 bits per heavy atom. The molecule has 0 unspecified atom stereocenters. The first-order chi connectivity index (χ1) is 12.9. The molecule has 0 radical (unpaired) electrons. The summed E-state index contributed by atoms with van der Waals surface area (Å²) in [5, 5.41) is 0. The minimum atomic E-state index is 0.244. The van der Waals surface area contributed by atoms with Crippen molar-refractivity contribution >= 4 is 5.91 Å². The lowest BCUT2D eigenvalue weighted by Gasteiger charge is -2.60. The van der Waals surface area contributed by atoms with Crippen molar-refractivity contribution in [2.75, 3.05) is 39.3 Å². The molecule has 3 saturated carbocycles. The Hall–Kier alpha value is -0.610. The van der Waals surface area contributed by atoms with Crippen molar-refractivity contribution in [3.63, 3.8) is 0 Å². The van der Waals surface area contributed by atoms with E-state index in [2.05, 4.69) is 42.4 Å². The fraction of sp³-hybridized carbons (Fsp3) is 0.957. The molecule has 2 saturated heterocycles. The van der Waals surface area contributed by atoms with Crippen LogP contribution < -0.4 is 0 Å². The molecule has 0 spiro atoms. The number of hydrogen-bond donors (Lipinski definition) is 0. The van der Waals surface area contributed by atoms with Gasteiger partial charge in [-0.25, -0.2) is 0 Å². The van der Waals surface area contributed by atoms with E-state index in [1.54, 1.807) is 0 Å². The van der Waals surface area contributed by atoms with E-state index in [1.807, 2.05) is 0 Å². The summed E-state index contributed by atoms with van der Waals surface area (Å²) in [6.07, 6.45) is 9.52. The zero-order valence-electron chi connectivity index (χ0n) is 18.2. The van der Waals surface area contributed by atoms with Crippen LogP contribution in [0.5, 0.6) is 0 Å². The third kappa shape index (κ3) is 3.46. The molecule has 5 aliphatic rings. The Morgan fingerprint density at radius 3 is 1.93 bits per heavy atom. The van der Waals surface area contributed by atoms with Crippen molar-refractivity contribution in [3.05, 3.63) is 0 Å². The molecule has 2 aliphatic heterocycles. The van der Waals surface area contributed by atoms with Crippen LogP contribution in [-0.4, -0.2) is 71.5 Å². The monoisotopic (exact) mass is 375 g/mol. The van der Waals surface area contributed by atoms with E-state index in [0.717, 1.165) is 51.6 Å². The molecule has 1 amide bonds. The van der Waals surface area contributed by atoms with Crippen molar-refractivity contribution < 1.29 is 4.79 Å². The molecule has 4 nitrogen and oxygen atoms in total. The minimum absolute atomic E-state index is 0.244. The number of hydrogen-bond acceptors (Lipinski definition) is 3. The smallest absolute Gasteiger partial charge is 0.227 e. The van der Waals surface area contributed by atoms with Gasteiger partial charge in [-0.15, -0.1) is 0 Å². The van der Waals surface area contributed by atoms with Crippen LogP contribution in [-0.2, 0) is 4.79 Å². The molecule has 3 aliphatic carbocycles. The van der Waals surface area contributed by atoms with Crippen molar-refractivity contribution in [1.29, 1.82) is 0 Å². The van der Waals surface area contributed by atoms with Crippen LogP contribution >= 0.6 is 0 Å². The van der Waals surface area contributed by atoms with Gasteiger partial charge in [0.2, 0.25) is 5.91 Å². The zero-order chi connectivity index (χ0) is 19.2. The van der Waals surface area contributed by atoms with Crippen molar-refractivity contribution in [2.24, 2.45) is 17.3 Å². The van der Waals surface area contributed by atoms with Gasteiger partial charge in [0.15, 0.2) is 0 Å². The number of fused-ring (bicyclic) bond motifs is 3. The summed E-state index contributed by atoms with van der Waals surface area (Å²) in [6.45, 7) is 15.5. The second-order valence-corrected chi connectivity index (χ2v) is 10.6. The fourth-order valence-electron chi connectivity index (χ4n) is 6.65. The van der Waals surface area contributed by atoms with Gasteiger partial charge in [-0.1, -0.05) is 13.8 Å². The first-order valence-corrected chi connectivity index (χ1v) is 11.6. The lowest BCUT2D eigenvalue weighted by Crippen LogP contribution is -2.63.